The monoisotopic (exact) mass is 324 g/mol. The Bertz CT molecular complexity index is 485. The van der Waals surface area contributed by atoms with E-state index in [1.807, 2.05) is 0 Å². The SMILES string of the molecule is CC(C)S(=O)(=O)CCOc1cc(Br)ccc1F. The van der Waals surface area contributed by atoms with Crippen molar-refractivity contribution in [2.24, 2.45) is 0 Å². The van der Waals surface area contributed by atoms with E-state index in [0.29, 0.717) is 4.47 Å². The Hall–Kier alpha value is -0.620. The molecular formula is C11H14BrFO3S. The number of ether oxygens (including phenoxy) is 1. The van der Waals surface area contributed by atoms with Crippen LogP contribution in [0.3, 0.4) is 0 Å². The van der Waals surface area contributed by atoms with Gasteiger partial charge in [-0.05, 0) is 32.0 Å². The van der Waals surface area contributed by atoms with E-state index in [-0.39, 0.29) is 18.1 Å². The maximum Gasteiger partial charge on any atom is 0.165 e. The van der Waals surface area contributed by atoms with Gasteiger partial charge in [-0.2, -0.15) is 0 Å². The molecule has 0 bridgehead atoms. The quantitative estimate of drug-likeness (QED) is 0.836. The number of benzene rings is 1. The topological polar surface area (TPSA) is 43.4 Å². The van der Waals surface area contributed by atoms with Crippen LogP contribution in [-0.4, -0.2) is 26.0 Å². The van der Waals surface area contributed by atoms with Crippen LogP contribution in [0.2, 0.25) is 0 Å². The van der Waals surface area contributed by atoms with Gasteiger partial charge in [0.1, 0.15) is 6.61 Å². The van der Waals surface area contributed by atoms with Crippen molar-refractivity contribution in [3.63, 3.8) is 0 Å². The second kappa shape index (κ2) is 5.82. The molecule has 0 aliphatic heterocycles. The minimum Gasteiger partial charge on any atom is -0.489 e. The van der Waals surface area contributed by atoms with Gasteiger partial charge in [0, 0.05) is 4.47 Å². The van der Waals surface area contributed by atoms with Crippen LogP contribution in [0.5, 0.6) is 5.75 Å². The van der Waals surface area contributed by atoms with E-state index in [0.717, 1.165) is 0 Å². The zero-order valence-electron chi connectivity index (χ0n) is 9.61. The van der Waals surface area contributed by atoms with Crippen LogP contribution in [0.15, 0.2) is 22.7 Å². The van der Waals surface area contributed by atoms with Gasteiger partial charge >= 0.3 is 0 Å². The Kier molecular flexibility index (Phi) is 4.94. The molecule has 0 heterocycles. The molecule has 1 rings (SSSR count). The summed E-state index contributed by atoms with van der Waals surface area (Å²) in [5, 5.41) is -0.446. The molecule has 0 unspecified atom stereocenters. The smallest absolute Gasteiger partial charge is 0.165 e. The Balaban J connectivity index is 2.60. The Labute approximate surface area is 109 Å². The summed E-state index contributed by atoms with van der Waals surface area (Å²) in [6.45, 7) is 3.16. The van der Waals surface area contributed by atoms with Crippen LogP contribution in [0.25, 0.3) is 0 Å². The van der Waals surface area contributed by atoms with Gasteiger partial charge in [0.05, 0.1) is 11.0 Å². The number of halogens is 2. The van der Waals surface area contributed by atoms with Crippen molar-refractivity contribution in [3.05, 3.63) is 28.5 Å². The van der Waals surface area contributed by atoms with E-state index >= 15 is 0 Å². The van der Waals surface area contributed by atoms with Crippen molar-refractivity contribution in [1.29, 1.82) is 0 Å². The Morgan fingerprint density at radius 2 is 2.06 bits per heavy atom. The number of rotatable bonds is 5. The van der Waals surface area contributed by atoms with Crippen molar-refractivity contribution in [1.82, 2.24) is 0 Å². The Morgan fingerprint density at radius 3 is 2.65 bits per heavy atom. The van der Waals surface area contributed by atoms with Gasteiger partial charge in [0.25, 0.3) is 0 Å². The van der Waals surface area contributed by atoms with E-state index in [1.54, 1.807) is 19.9 Å². The number of hydrogen-bond acceptors (Lipinski definition) is 3. The summed E-state index contributed by atoms with van der Waals surface area (Å²) in [5.74, 6) is -0.565. The van der Waals surface area contributed by atoms with E-state index in [2.05, 4.69) is 15.9 Å². The summed E-state index contributed by atoms with van der Waals surface area (Å²) >= 11 is 3.19. The Morgan fingerprint density at radius 1 is 1.41 bits per heavy atom. The summed E-state index contributed by atoms with van der Waals surface area (Å²) in [6, 6.07) is 4.28. The standard InChI is InChI=1S/C11H14BrFO3S/c1-8(2)17(14,15)6-5-16-11-7-9(12)3-4-10(11)13/h3-4,7-8H,5-6H2,1-2H3. The molecule has 17 heavy (non-hydrogen) atoms. The maximum absolute atomic E-state index is 13.3. The zero-order valence-corrected chi connectivity index (χ0v) is 12.0. The van der Waals surface area contributed by atoms with Crippen LogP contribution in [0.1, 0.15) is 13.8 Å². The number of hydrogen-bond donors (Lipinski definition) is 0. The van der Waals surface area contributed by atoms with Crippen LogP contribution in [-0.2, 0) is 9.84 Å². The van der Waals surface area contributed by atoms with Gasteiger partial charge < -0.3 is 4.74 Å². The predicted molar refractivity (Wildman–Crippen MR) is 68.5 cm³/mol. The molecule has 96 valence electrons. The fraction of sp³-hybridized carbons (Fsp3) is 0.455. The van der Waals surface area contributed by atoms with Gasteiger partial charge in [0.2, 0.25) is 0 Å². The summed E-state index contributed by atoms with van der Waals surface area (Å²) in [7, 11) is -3.15. The molecule has 3 nitrogen and oxygen atoms in total. The van der Waals surface area contributed by atoms with Crippen molar-refractivity contribution < 1.29 is 17.5 Å². The summed E-state index contributed by atoms with van der Waals surface area (Å²) in [6.07, 6.45) is 0. The molecule has 1 aromatic carbocycles. The maximum atomic E-state index is 13.3. The van der Waals surface area contributed by atoms with Crippen molar-refractivity contribution in [2.45, 2.75) is 19.1 Å². The third kappa shape index (κ3) is 4.27. The molecule has 0 radical (unpaired) electrons. The highest BCUT2D eigenvalue weighted by Crippen LogP contribution is 2.22. The second-order valence-electron chi connectivity index (χ2n) is 3.84. The predicted octanol–water partition coefficient (Wildman–Crippen LogP) is 2.79. The fourth-order valence-corrected chi connectivity index (χ4v) is 2.22. The van der Waals surface area contributed by atoms with Crippen LogP contribution in [0, 0.1) is 5.82 Å². The average molecular weight is 325 g/mol. The molecule has 1 aromatic rings. The highest BCUT2D eigenvalue weighted by Gasteiger charge is 2.16. The number of sulfone groups is 1. The lowest BCUT2D eigenvalue weighted by Gasteiger charge is -2.10. The largest absolute Gasteiger partial charge is 0.489 e. The first-order valence-electron chi connectivity index (χ1n) is 5.12. The van der Waals surface area contributed by atoms with E-state index in [9.17, 15) is 12.8 Å². The lowest BCUT2D eigenvalue weighted by molar-refractivity contribution is 0.322. The van der Waals surface area contributed by atoms with E-state index in [1.165, 1.54) is 12.1 Å². The lowest BCUT2D eigenvalue weighted by Crippen LogP contribution is -2.22. The van der Waals surface area contributed by atoms with Gasteiger partial charge in [-0.1, -0.05) is 15.9 Å². The van der Waals surface area contributed by atoms with Crippen molar-refractivity contribution in [3.8, 4) is 5.75 Å². The minimum absolute atomic E-state index is 0.0477. The molecule has 0 saturated heterocycles. The van der Waals surface area contributed by atoms with Gasteiger partial charge in [-0.25, -0.2) is 12.8 Å². The first-order valence-corrected chi connectivity index (χ1v) is 7.63. The molecule has 0 aliphatic rings. The highest BCUT2D eigenvalue weighted by molar-refractivity contribution is 9.10. The molecular weight excluding hydrogens is 311 g/mol. The molecule has 0 fully saturated rings. The van der Waals surface area contributed by atoms with Crippen LogP contribution in [0.4, 0.5) is 4.39 Å². The molecule has 0 aliphatic carbocycles. The molecule has 0 atom stereocenters. The lowest BCUT2D eigenvalue weighted by atomic mass is 10.3. The highest BCUT2D eigenvalue weighted by atomic mass is 79.9. The van der Waals surface area contributed by atoms with E-state index < -0.39 is 20.9 Å². The third-order valence-corrected chi connectivity index (χ3v) is 4.90. The molecule has 0 aromatic heterocycles. The minimum atomic E-state index is -3.15. The third-order valence-electron chi connectivity index (χ3n) is 2.24. The molecule has 0 saturated carbocycles. The van der Waals surface area contributed by atoms with Gasteiger partial charge in [0.15, 0.2) is 21.4 Å². The molecule has 0 N–H and O–H groups in total. The van der Waals surface area contributed by atoms with Gasteiger partial charge in [-0.3, -0.25) is 0 Å². The summed E-state index contributed by atoms with van der Waals surface area (Å²) < 4.78 is 42.0. The normalized spacial score (nSPS) is 11.8. The average Bonchev–Trinajstić information content (AvgIpc) is 2.22. The first-order chi connectivity index (χ1) is 7.83. The summed E-state index contributed by atoms with van der Waals surface area (Å²) in [5.41, 5.74) is 0. The van der Waals surface area contributed by atoms with Crippen LogP contribution < -0.4 is 4.74 Å². The van der Waals surface area contributed by atoms with E-state index in [4.69, 9.17) is 4.74 Å². The first kappa shape index (κ1) is 14.4. The van der Waals surface area contributed by atoms with Crippen molar-refractivity contribution >= 4 is 25.8 Å². The van der Waals surface area contributed by atoms with Crippen molar-refractivity contribution in [2.75, 3.05) is 12.4 Å². The molecule has 0 spiro atoms. The van der Waals surface area contributed by atoms with Crippen LogP contribution >= 0.6 is 15.9 Å². The fourth-order valence-electron chi connectivity index (χ4n) is 1.09. The molecule has 6 heteroatoms. The second-order valence-corrected chi connectivity index (χ2v) is 7.43. The molecule has 0 amide bonds. The summed E-state index contributed by atoms with van der Waals surface area (Å²) in [4.78, 5) is 0. The van der Waals surface area contributed by atoms with Gasteiger partial charge in [-0.15, -0.1) is 0 Å². The zero-order chi connectivity index (χ0) is 13.1.